The van der Waals surface area contributed by atoms with Crippen molar-refractivity contribution in [3.8, 4) is 10.6 Å². The lowest BCUT2D eigenvalue weighted by Gasteiger charge is -2.00. The Morgan fingerprint density at radius 1 is 1.29 bits per heavy atom. The van der Waals surface area contributed by atoms with E-state index < -0.39 is 5.97 Å². The molecule has 1 heterocycles. The Labute approximate surface area is 104 Å². The van der Waals surface area contributed by atoms with Crippen LogP contribution in [0.15, 0.2) is 30.3 Å². The minimum atomic E-state index is -0.952. The highest BCUT2D eigenvalue weighted by molar-refractivity contribution is 7.15. The minimum absolute atomic E-state index is 0.177. The van der Waals surface area contributed by atoms with Crippen LogP contribution in [0.1, 0.15) is 35.1 Å². The number of aromatic nitrogens is 1. The van der Waals surface area contributed by atoms with Gasteiger partial charge in [-0.15, -0.1) is 11.3 Å². The summed E-state index contributed by atoms with van der Waals surface area (Å²) in [5.74, 6) is -0.775. The fourth-order valence-corrected chi connectivity index (χ4v) is 2.65. The number of thiazole rings is 1. The molecule has 1 N–H and O–H groups in total. The fourth-order valence-electron chi connectivity index (χ4n) is 1.58. The van der Waals surface area contributed by atoms with Gasteiger partial charge < -0.3 is 5.11 Å². The molecule has 0 aliphatic rings. The second kappa shape index (κ2) is 4.67. The molecule has 0 spiro atoms. The molecule has 3 nitrogen and oxygen atoms in total. The molecule has 0 aliphatic carbocycles. The first-order chi connectivity index (χ1) is 8.09. The molecule has 2 aromatic rings. The topological polar surface area (TPSA) is 50.2 Å². The quantitative estimate of drug-likeness (QED) is 0.901. The molecule has 0 saturated carbocycles. The number of carboxylic acids is 1. The molecule has 2 rings (SSSR count). The van der Waals surface area contributed by atoms with Crippen molar-refractivity contribution in [1.82, 2.24) is 4.98 Å². The van der Waals surface area contributed by atoms with Crippen LogP contribution < -0.4 is 0 Å². The van der Waals surface area contributed by atoms with Crippen molar-refractivity contribution in [2.75, 3.05) is 0 Å². The molecule has 17 heavy (non-hydrogen) atoms. The molecule has 4 heteroatoms. The molecule has 0 atom stereocenters. The van der Waals surface area contributed by atoms with E-state index in [0.717, 1.165) is 15.4 Å². The summed E-state index contributed by atoms with van der Waals surface area (Å²) in [6, 6.07) is 9.65. The average Bonchev–Trinajstić information content (AvgIpc) is 2.75. The van der Waals surface area contributed by atoms with Gasteiger partial charge in [0, 0.05) is 10.4 Å². The molecule has 0 unspecified atom stereocenters. The Hall–Kier alpha value is -1.68. The van der Waals surface area contributed by atoms with Crippen LogP contribution in [-0.2, 0) is 0 Å². The monoisotopic (exact) mass is 247 g/mol. The van der Waals surface area contributed by atoms with E-state index >= 15 is 0 Å². The van der Waals surface area contributed by atoms with Gasteiger partial charge in [0.2, 0.25) is 0 Å². The average molecular weight is 247 g/mol. The summed E-state index contributed by atoms with van der Waals surface area (Å²) in [5, 5.41) is 9.89. The Balaban J connectivity index is 2.51. The van der Waals surface area contributed by atoms with Gasteiger partial charge in [0.05, 0.1) is 0 Å². The van der Waals surface area contributed by atoms with Crippen LogP contribution in [0, 0.1) is 0 Å². The third-order valence-electron chi connectivity index (χ3n) is 2.40. The molecule has 0 radical (unpaired) electrons. The van der Waals surface area contributed by atoms with E-state index in [1.807, 2.05) is 44.2 Å². The number of hydrogen-bond donors (Lipinski definition) is 1. The van der Waals surface area contributed by atoms with Gasteiger partial charge in [0.25, 0.3) is 0 Å². The summed E-state index contributed by atoms with van der Waals surface area (Å²) in [6.45, 7) is 3.96. The van der Waals surface area contributed by atoms with E-state index in [-0.39, 0.29) is 11.6 Å². The molecule has 0 saturated heterocycles. The maximum atomic E-state index is 11.1. The van der Waals surface area contributed by atoms with Crippen molar-refractivity contribution in [2.24, 2.45) is 0 Å². The molecule has 0 fully saturated rings. The van der Waals surface area contributed by atoms with Crippen molar-refractivity contribution in [3.05, 3.63) is 40.9 Å². The summed E-state index contributed by atoms with van der Waals surface area (Å²) in [6.07, 6.45) is 0. The SMILES string of the molecule is CC(C)c1sc(-c2ccccc2)nc1C(=O)O. The predicted molar refractivity (Wildman–Crippen MR) is 68.6 cm³/mol. The van der Waals surface area contributed by atoms with Gasteiger partial charge in [-0.25, -0.2) is 9.78 Å². The zero-order valence-corrected chi connectivity index (χ0v) is 10.5. The highest BCUT2D eigenvalue weighted by Gasteiger charge is 2.19. The van der Waals surface area contributed by atoms with Crippen LogP contribution in [0.4, 0.5) is 0 Å². The van der Waals surface area contributed by atoms with Crippen LogP contribution in [-0.4, -0.2) is 16.1 Å². The lowest BCUT2D eigenvalue weighted by molar-refractivity contribution is 0.0690. The van der Waals surface area contributed by atoms with Gasteiger partial charge in [-0.05, 0) is 5.92 Å². The molecule has 0 bridgehead atoms. The Kier molecular flexibility index (Phi) is 3.24. The van der Waals surface area contributed by atoms with E-state index in [2.05, 4.69) is 4.98 Å². The first-order valence-corrected chi connectivity index (χ1v) is 6.20. The van der Waals surface area contributed by atoms with E-state index in [9.17, 15) is 4.79 Å². The summed E-state index contributed by atoms with van der Waals surface area (Å²) in [7, 11) is 0. The summed E-state index contributed by atoms with van der Waals surface area (Å²) < 4.78 is 0. The maximum Gasteiger partial charge on any atom is 0.355 e. The minimum Gasteiger partial charge on any atom is -0.476 e. The van der Waals surface area contributed by atoms with Crippen LogP contribution in [0.5, 0.6) is 0 Å². The summed E-state index contributed by atoms with van der Waals surface area (Å²) >= 11 is 1.46. The highest BCUT2D eigenvalue weighted by atomic mass is 32.1. The van der Waals surface area contributed by atoms with Crippen molar-refractivity contribution in [2.45, 2.75) is 19.8 Å². The maximum absolute atomic E-state index is 11.1. The number of carboxylic acid groups (broad SMARTS) is 1. The Morgan fingerprint density at radius 2 is 1.94 bits per heavy atom. The van der Waals surface area contributed by atoms with E-state index in [1.54, 1.807) is 0 Å². The largest absolute Gasteiger partial charge is 0.476 e. The van der Waals surface area contributed by atoms with Crippen molar-refractivity contribution >= 4 is 17.3 Å². The summed E-state index contributed by atoms with van der Waals surface area (Å²) in [4.78, 5) is 16.2. The first kappa shape index (κ1) is 11.8. The number of rotatable bonds is 3. The molecule has 1 aromatic carbocycles. The molecule has 88 valence electrons. The third-order valence-corrected chi connectivity index (χ3v) is 3.81. The Morgan fingerprint density at radius 3 is 2.41 bits per heavy atom. The van der Waals surface area contributed by atoms with Crippen molar-refractivity contribution in [3.63, 3.8) is 0 Å². The Bertz CT molecular complexity index is 532. The predicted octanol–water partition coefficient (Wildman–Crippen LogP) is 3.63. The van der Waals surface area contributed by atoms with Crippen LogP contribution in [0.3, 0.4) is 0 Å². The summed E-state index contributed by atoms with van der Waals surface area (Å²) in [5.41, 5.74) is 1.15. The third kappa shape index (κ3) is 2.36. The zero-order valence-electron chi connectivity index (χ0n) is 9.68. The van der Waals surface area contributed by atoms with Crippen LogP contribution in [0.25, 0.3) is 10.6 Å². The standard InChI is InChI=1S/C13H13NO2S/c1-8(2)11-10(13(15)16)14-12(17-11)9-6-4-3-5-7-9/h3-8H,1-2H3,(H,15,16). The van der Waals surface area contributed by atoms with Gasteiger partial charge in [-0.3, -0.25) is 0 Å². The molecule has 0 aliphatic heterocycles. The zero-order chi connectivity index (χ0) is 12.4. The number of aromatic carboxylic acids is 1. The van der Waals surface area contributed by atoms with Gasteiger partial charge in [-0.2, -0.15) is 0 Å². The van der Waals surface area contributed by atoms with Crippen LogP contribution >= 0.6 is 11.3 Å². The van der Waals surface area contributed by atoms with Crippen LogP contribution in [0.2, 0.25) is 0 Å². The lowest BCUT2D eigenvalue weighted by atomic mass is 10.1. The van der Waals surface area contributed by atoms with Gasteiger partial charge in [-0.1, -0.05) is 44.2 Å². The van der Waals surface area contributed by atoms with Gasteiger partial charge in [0.15, 0.2) is 5.69 Å². The number of benzene rings is 1. The smallest absolute Gasteiger partial charge is 0.355 e. The first-order valence-electron chi connectivity index (χ1n) is 5.39. The highest BCUT2D eigenvalue weighted by Crippen LogP contribution is 2.32. The number of nitrogens with zero attached hydrogens (tertiary/aromatic N) is 1. The van der Waals surface area contributed by atoms with Crippen molar-refractivity contribution < 1.29 is 9.90 Å². The van der Waals surface area contributed by atoms with E-state index in [4.69, 9.17) is 5.11 Å². The normalized spacial score (nSPS) is 10.8. The van der Waals surface area contributed by atoms with Gasteiger partial charge in [0.1, 0.15) is 5.01 Å². The van der Waals surface area contributed by atoms with E-state index in [0.29, 0.717) is 0 Å². The molecular weight excluding hydrogens is 234 g/mol. The van der Waals surface area contributed by atoms with Crippen molar-refractivity contribution in [1.29, 1.82) is 0 Å². The number of carbonyl (C=O) groups is 1. The number of hydrogen-bond acceptors (Lipinski definition) is 3. The lowest BCUT2D eigenvalue weighted by Crippen LogP contribution is -2.01. The van der Waals surface area contributed by atoms with E-state index in [1.165, 1.54) is 11.3 Å². The van der Waals surface area contributed by atoms with Gasteiger partial charge >= 0.3 is 5.97 Å². The second-order valence-electron chi connectivity index (χ2n) is 4.06. The molecule has 1 aromatic heterocycles. The fraction of sp³-hybridized carbons (Fsp3) is 0.231. The molecule has 0 amide bonds. The second-order valence-corrected chi connectivity index (χ2v) is 5.09. The molecular formula is C13H13NO2S.